The van der Waals surface area contributed by atoms with Crippen molar-refractivity contribution in [1.82, 2.24) is 30.1 Å². The van der Waals surface area contributed by atoms with E-state index in [4.69, 9.17) is 4.74 Å². The molecule has 11 heteroatoms. The van der Waals surface area contributed by atoms with Crippen LogP contribution in [0.3, 0.4) is 0 Å². The third kappa shape index (κ3) is 4.81. The van der Waals surface area contributed by atoms with Crippen LogP contribution in [-0.4, -0.2) is 74.9 Å². The quantitative estimate of drug-likeness (QED) is 0.281. The van der Waals surface area contributed by atoms with Crippen LogP contribution in [0.5, 0.6) is 0 Å². The summed E-state index contributed by atoms with van der Waals surface area (Å²) in [5.41, 5.74) is 3.12. The van der Waals surface area contributed by atoms with Gasteiger partial charge in [0.25, 0.3) is 5.69 Å². The fourth-order valence-electron chi connectivity index (χ4n) is 4.56. The molecule has 1 saturated heterocycles. The standard InChI is InChI=1S/C24H26N8O3/c1-35-16-15-31-24(26-27-28-31)23(19-4-9-22-18(17-19)3-2-10-25-22)30-13-11-29(12-14-30)20-5-7-21(8-6-20)32(33)34/h2-10,17,23H,11-16H2,1H3/t23-/m1/s1. The van der Waals surface area contributed by atoms with Gasteiger partial charge in [0.15, 0.2) is 5.82 Å². The summed E-state index contributed by atoms with van der Waals surface area (Å²) in [4.78, 5) is 19.7. The Hall–Kier alpha value is -3.96. The SMILES string of the molecule is COCCn1nnnc1[C@@H](c1ccc2ncccc2c1)N1CCN(c2ccc([N+](=O)[O-])cc2)CC1. The molecule has 11 nitrogen and oxygen atoms in total. The lowest BCUT2D eigenvalue weighted by Gasteiger charge is -2.40. The maximum absolute atomic E-state index is 11.0. The molecule has 35 heavy (non-hydrogen) atoms. The van der Waals surface area contributed by atoms with Crippen molar-refractivity contribution < 1.29 is 9.66 Å². The first-order chi connectivity index (χ1) is 17.1. The molecular formula is C24H26N8O3. The largest absolute Gasteiger partial charge is 0.383 e. The minimum Gasteiger partial charge on any atom is -0.383 e. The maximum Gasteiger partial charge on any atom is 0.269 e. The van der Waals surface area contributed by atoms with Gasteiger partial charge in [0.05, 0.1) is 29.6 Å². The summed E-state index contributed by atoms with van der Waals surface area (Å²) in [6.45, 7) is 4.20. The smallest absolute Gasteiger partial charge is 0.269 e. The molecule has 1 atom stereocenters. The Bertz CT molecular complexity index is 1300. The number of ether oxygens (including phenoxy) is 1. The average molecular weight is 475 g/mol. The van der Waals surface area contributed by atoms with Gasteiger partial charge in [-0.25, -0.2) is 4.68 Å². The molecule has 1 fully saturated rings. The van der Waals surface area contributed by atoms with Gasteiger partial charge in [-0.15, -0.1) is 5.10 Å². The summed E-state index contributed by atoms with van der Waals surface area (Å²) >= 11 is 0. The normalized spacial score (nSPS) is 15.4. The molecule has 0 aliphatic carbocycles. The summed E-state index contributed by atoms with van der Waals surface area (Å²) in [5, 5.41) is 24.6. The number of benzene rings is 2. The van der Waals surface area contributed by atoms with Crippen LogP contribution in [0.15, 0.2) is 60.8 Å². The number of piperazine rings is 1. The number of rotatable bonds is 8. The van der Waals surface area contributed by atoms with E-state index in [1.807, 2.05) is 28.9 Å². The summed E-state index contributed by atoms with van der Waals surface area (Å²) in [5.74, 6) is 0.772. The zero-order valence-electron chi connectivity index (χ0n) is 19.4. The number of tetrazole rings is 1. The number of pyridine rings is 1. The molecule has 0 bridgehead atoms. The number of aromatic nitrogens is 5. The van der Waals surface area contributed by atoms with E-state index in [1.54, 1.807) is 25.4 Å². The van der Waals surface area contributed by atoms with Crippen molar-refractivity contribution in [2.24, 2.45) is 0 Å². The Balaban J connectivity index is 1.42. The van der Waals surface area contributed by atoms with Gasteiger partial charge in [-0.1, -0.05) is 12.1 Å². The third-order valence-electron chi connectivity index (χ3n) is 6.36. The second kappa shape index (κ2) is 10.1. The van der Waals surface area contributed by atoms with Crippen LogP contribution < -0.4 is 4.90 Å². The number of hydrogen-bond acceptors (Lipinski definition) is 9. The molecular weight excluding hydrogens is 448 g/mol. The van der Waals surface area contributed by atoms with Crippen LogP contribution in [0.1, 0.15) is 17.4 Å². The summed E-state index contributed by atoms with van der Waals surface area (Å²) in [7, 11) is 1.66. The lowest BCUT2D eigenvalue weighted by atomic mass is 10.0. The summed E-state index contributed by atoms with van der Waals surface area (Å²) in [6.07, 6.45) is 1.79. The first-order valence-electron chi connectivity index (χ1n) is 11.5. The predicted molar refractivity (Wildman–Crippen MR) is 130 cm³/mol. The van der Waals surface area contributed by atoms with E-state index in [9.17, 15) is 10.1 Å². The second-order valence-electron chi connectivity index (χ2n) is 8.41. The van der Waals surface area contributed by atoms with Crippen molar-refractivity contribution in [1.29, 1.82) is 0 Å². The Kier molecular flexibility index (Phi) is 6.59. The zero-order chi connectivity index (χ0) is 24.2. The third-order valence-corrected chi connectivity index (χ3v) is 6.36. The number of nitro groups is 1. The Morgan fingerprint density at radius 3 is 2.63 bits per heavy atom. The lowest BCUT2D eigenvalue weighted by molar-refractivity contribution is -0.384. The van der Waals surface area contributed by atoms with Gasteiger partial charge in [0.1, 0.15) is 0 Å². The minimum absolute atomic E-state index is 0.0983. The molecule has 2 aromatic carbocycles. The Labute approximate surface area is 202 Å². The van der Waals surface area contributed by atoms with Crippen molar-refractivity contribution in [2.45, 2.75) is 12.6 Å². The lowest BCUT2D eigenvalue weighted by Crippen LogP contribution is -2.48. The van der Waals surface area contributed by atoms with Gasteiger partial charge in [-0.05, 0) is 46.3 Å². The number of nitrogens with zero attached hydrogens (tertiary/aromatic N) is 8. The number of fused-ring (bicyclic) bond motifs is 1. The van der Waals surface area contributed by atoms with E-state index >= 15 is 0 Å². The molecule has 0 radical (unpaired) electrons. The van der Waals surface area contributed by atoms with Crippen molar-refractivity contribution >= 4 is 22.3 Å². The molecule has 5 rings (SSSR count). The van der Waals surface area contributed by atoms with Crippen LogP contribution in [0.2, 0.25) is 0 Å². The second-order valence-corrected chi connectivity index (χ2v) is 8.41. The number of hydrogen-bond donors (Lipinski definition) is 0. The van der Waals surface area contributed by atoms with Crippen LogP contribution in [-0.2, 0) is 11.3 Å². The van der Waals surface area contributed by atoms with Crippen molar-refractivity contribution in [2.75, 3.05) is 44.8 Å². The minimum atomic E-state index is -0.376. The molecule has 0 spiro atoms. The molecule has 1 aliphatic rings. The van der Waals surface area contributed by atoms with E-state index in [2.05, 4.69) is 48.5 Å². The predicted octanol–water partition coefficient (Wildman–Crippen LogP) is 2.69. The van der Waals surface area contributed by atoms with Gasteiger partial charge in [0, 0.05) is 62.7 Å². The molecule has 0 unspecified atom stereocenters. The van der Waals surface area contributed by atoms with Gasteiger partial charge in [-0.3, -0.25) is 20.0 Å². The van der Waals surface area contributed by atoms with E-state index in [1.165, 1.54) is 0 Å². The van der Waals surface area contributed by atoms with E-state index in [-0.39, 0.29) is 16.7 Å². The average Bonchev–Trinajstić information content (AvgIpc) is 3.36. The monoisotopic (exact) mass is 474 g/mol. The highest BCUT2D eigenvalue weighted by molar-refractivity contribution is 5.79. The topological polar surface area (TPSA) is 115 Å². The van der Waals surface area contributed by atoms with E-state index in [0.717, 1.165) is 54.2 Å². The van der Waals surface area contributed by atoms with Crippen LogP contribution >= 0.6 is 0 Å². The van der Waals surface area contributed by atoms with Gasteiger partial charge in [0.2, 0.25) is 0 Å². The highest BCUT2D eigenvalue weighted by Crippen LogP contribution is 2.31. The van der Waals surface area contributed by atoms with Crippen molar-refractivity contribution in [3.8, 4) is 0 Å². The van der Waals surface area contributed by atoms with Gasteiger partial charge in [-0.2, -0.15) is 0 Å². The summed E-state index contributed by atoms with van der Waals surface area (Å²) in [6, 6.07) is 16.9. The molecule has 0 N–H and O–H groups in total. The number of nitro benzene ring substituents is 1. The zero-order valence-corrected chi connectivity index (χ0v) is 19.4. The van der Waals surface area contributed by atoms with Crippen molar-refractivity contribution in [3.05, 3.63) is 82.3 Å². The Morgan fingerprint density at radius 1 is 1.09 bits per heavy atom. The molecule has 3 heterocycles. The first-order valence-corrected chi connectivity index (χ1v) is 11.5. The molecule has 180 valence electrons. The van der Waals surface area contributed by atoms with E-state index < -0.39 is 0 Å². The number of non-ortho nitro benzene ring substituents is 1. The first kappa shape index (κ1) is 22.8. The van der Waals surface area contributed by atoms with Crippen LogP contribution in [0.4, 0.5) is 11.4 Å². The van der Waals surface area contributed by atoms with Crippen LogP contribution in [0.25, 0.3) is 10.9 Å². The fourth-order valence-corrected chi connectivity index (χ4v) is 4.56. The maximum atomic E-state index is 11.0. The summed E-state index contributed by atoms with van der Waals surface area (Å²) < 4.78 is 7.07. The van der Waals surface area contributed by atoms with E-state index in [0.29, 0.717) is 13.2 Å². The van der Waals surface area contributed by atoms with Crippen molar-refractivity contribution in [3.63, 3.8) is 0 Å². The van der Waals surface area contributed by atoms with Gasteiger partial charge >= 0.3 is 0 Å². The highest BCUT2D eigenvalue weighted by Gasteiger charge is 2.31. The molecule has 2 aromatic heterocycles. The molecule has 0 amide bonds. The highest BCUT2D eigenvalue weighted by atomic mass is 16.6. The number of anilines is 1. The fraction of sp³-hybridized carbons (Fsp3) is 0.333. The Morgan fingerprint density at radius 2 is 1.89 bits per heavy atom. The molecule has 1 aliphatic heterocycles. The number of methoxy groups -OCH3 is 1. The van der Waals surface area contributed by atoms with Crippen LogP contribution in [0, 0.1) is 10.1 Å². The molecule has 4 aromatic rings. The molecule has 0 saturated carbocycles. The van der Waals surface area contributed by atoms with Gasteiger partial charge < -0.3 is 9.64 Å².